The standard InChI is InChI=1S/C18H14Cl2N4O3/c19-11-3-1-10(2-4-11)18-23-16(27-24-18)8-7-15(25)22-12-5-6-14(20)13(9-12)17(21)26/h1-6,9H,7-8H2,(H2,21,26)(H,22,25). The number of aryl methyl sites for hydroxylation is 1. The molecule has 138 valence electrons. The smallest absolute Gasteiger partial charge is 0.250 e. The molecule has 3 aromatic rings. The number of carbonyl (C=O) groups is 2. The fourth-order valence-corrected chi connectivity index (χ4v) is 2.65. The van der Waals surface area contributed by atoms with Crippen LogP contribution < -0.4 is 11.1 Å². The summed E-state index contributed by atoms with van der Waals surface area (Å²) in [6, 6.07) is 11.5. The van der Waals surface area contributed by atoms with E-state index >= 15 is 0 Å². The summed E-state index contributed by atoms with van der Waals surface area (Å²) in [5.41, 5.74) is 6.56. The van der Waals surface area contributed by atoms with Crippen LogP contribution in [0.25, 0.3) is 11.4 Å². The molecule has 0 unspecified atom stereocenters. The topological polar surface area (TPSA) is 111 Å². The molecule has 0 aliphatic rings. The van der Waals surface area contributed by atoms with E-state index in [0.29, 0.717) is 22.4 Å². The summed E-state index contributed by atoms with van der Waals surface area (Å²) in [4.78, 5) is 27.7. The van der Waals surface area contributed by atoms with Crippen molar-refractivity contribution in [2.24, 2.45) is 5.73 Å². The Hall–Kier alpha value is -2.90. The minimum Gasteiger partial charge on any atom is -0.366 e. The monoisotopic (exact) mass is 404 g/mol. The highest BCUT2D eigenvalue weighted by Gasteiger charge is 2.12. The first-order valence-electron chi connectivity index (χ1n) is 7.90. The van der Waals surface area contributed by atoms with Gasteiger partial charge in [-0.3, -0.25) is 9.59 Å². The van der Waals surface area contributed by atoms with Gasteiger partial charge in [0.05, 0.1) is 10.6 Å². The summed E-state index contributed by atoms with van der Waals surface area (Å²) < 4.78 is 5.16. The van der Waals surface area contributed by atoms with E-state index in [2.05, 4.69) is 15.5 Å². The van der Waals surface area contributed by atoms with Gasteiger partial charge in [0.2, 0.25) is 23.5 Å². The Morgan fingerprint density at radius 1 is 1.11 bits per heavy atom. The maximum absolute atomic E-state index is 12.1. The number of halogens is 2. The summed E-state index contributed by atoms with van der Waals surface area (Å²) in [7, 11) is 0. The number of carbonyl (C=O) groups excluding carboxylic acids is 2. The van der Waals surface area contributed by atoms with Gasteiger partial charge in [-0.1, -0.05) is 28.4 Å². The van der Waals surface area contributed by atoms with Gasteiger partial charge in [0.25, 0.3) is 0 Å². The van der Waals surface area contributed by atoms with E-state index in [0.717, 1.165) is 5.56 Å². The minimum absolute atomic E-state index is 0.122. The number of anilines is 1. The SMILES string of the molecule is NC(=O)c1cc(NC(=O)CCc2nc(-c3ccc(Cl)cc3)no2)ccc1Cl. The lowest BCUT2D eigenvalue weighted by atomic mass is 10.2. The van der Waals surface area contributed by atoms with Crippen LogP contribution in [0.2, 0.25) is 10.0 Å². The molecule has 2 amide bonds. The molecule has 0 radical (unpaired) electrons. The van der Waals surface area contributed by atoms with Gasteiger partial charge in [-0.25, -0.2) is 0 Å². The minimum atomic E-state index is -0.670. The van der Waals surface area contributed by atoms with Crippen molar-refractivity contribution in [3.05, 3.63) is 64.0 Å². The second-order valence-corrected chi connectivity index (χ2v) is 6.47. The third kappa shape index (κ3) is 4.84. The lowest BCUT2D eigenvalue weighted by Gasteiger charge is -2.06. The number of nitrogens with two attached hydrogens (primary N) is 1. The first kappa shape index (κ1) is 18.9. The largest absolute Gasteiger partial charge is 0.366 e. The normalized spacial score (nSPS) is 10.6. The molecule has 0 saturated carbocycles. The number of primary amides is 1. The number of hydrogen-bond acceptors (Lipinski definition) is 5. The molecule has 7 nitrogen and oxygen atoms in total. The molecule has 9 heteroatoms. The maximum atomic E-state index is 12.1. The predicted octanol–water partition coefficient (Wildman–Crippen LogP) is 3.71. The maximum Gasteiger partial charge on any atom is 0.250 e. The molecular formula is C18H14Cl2N4O3. The molecule has 1 heterocycles. The molecule has 1 aromatic heterocycles. The fraction of sp³-hybridized carbons (Fsp3) is 0.111. The summed E-state index contributed by atoms with van der Waals surface area (Å²) >= 11 is 11.7. The highest BCUT2D eigenvalue weighted by atomic mass is 35.5. The Kier molecular flexibility index (Phi) is 5.73. The van der Waals surface area contributed by atoms with E-state index < -0.39 is 5.91 Å². The van der Waals surface area contributed by atoms with Gasteiger partial charge in [-0.15, -0.1) is 0 Å². The number of nitrogens with zero attached hydrogens (tertiary/aromatic N) is 2. The van der Waals surface area contributed by atoms with E-state index in [1.807, 2.05) is 0 Å². The zero-order valence-electron chi connectivity index (χ0n) is 13.9. The molecular weight excluding hydrogens is 391 g/mol. The van der Waals surface area contributed by atoms with Crippen molar-refractivity contribution >= 4 is 40.7 Å². The van der Waals surface area contributed by atoms with Crippen LogP contribution in [0.1, 0.15) is 22.7 Å². The number of aromatic nitrogens is 2. The van der Waals surface area contributed by atoms with E-state index in [4.69, 9.17) is 33.5 Å². The fourth-order valence-electron chi connectivity index (χ4n) is 2.31. The molecule has 0 aliphatic carbocycles. The number of nitrogens with one attached hydrogen (secondary N) is 1. The first-order valence-corrected chi connectivity index (χ1v) is 8.65. The van der Waals surface area contributed by atoms with Gasteiger partial charge in [-0.05, 0) is 42.5 Å². The van der Waals surface area contributed by atoms with Crippen molar-refractivity contribution in [3.8, 4) is 11.4 Å². The van der Waals surface area contributed by atoms with Crippen molar-refractivity contribution in [2.45, 2.75) is 12.8 Å². The lowest BCUT2D eigenvalue weighted by molar-refractivity contribution is -0.116. The van der Waals surface area contributed by atoms with Crippen LogP contribution in [-0.2, 0) is 11.2 Å². The average Bonchev–Trinajstić information content (AvgIpc) is 3.11. The molecule has 0 saturated heterocycles. The Labute approximate surface area is 164 Å². The van der Waals surface area contributed by atoms with Crippen molar-refractivity contribution in [1.82, 2.24) is 10.1 Å². The van der Waals surface area contributed by atoms with Gasteiger partial charge in [0.15, 0.2) is 0 Å². The number of amides is 2. The Morgan fingerprint density at radius 3 is 2.56 bits per heavy atom. The van der Waals surface area contributed by atoms with Crippen molar-refractivity contribution < 1.29 is 14.1 Å². The number of benzene rings is 2. The lowest BCUT2D eigenvalue weighted by Crippen LogP contribution is -2.15. The Morgan fingerprint density at radius 2 is 1.85 bits per heavy atom. The quantitative estimate of drug-likeness (QED) is 0.650. The van der Waals surface area contributed by atoms with E-state index in [1.54, 1.807) is 30.3 Å². The average molecular weight is 405 g/mol. The van der Waals surface area contributed by atoms with Gasteiger partial charge in [0, 0.05) is 29.1 Å². The highest BCUT2D eigenvalue weighted by Crippen LogP contribution is 2.21. The van der Waals surface area contributed by atoms with Crippen molar-refractivity contribution in [1.29, 1.82) is 0 Å². The van der Waals surface area contributed by atoms with Crippen LogP contribution in [0.4, 0.5) is 5.69 Å². The summed E-state index contributed by atoms with van der Waals surface area (Å²) in [5.74, 6) is -0.189. The van der Waals surface area contributed by atoms with E-state index in [1.165, 1.54) is 12.1 Å². The van der Waals surface area contributed by atoms with Gasteiger partial charge >= 0.3 is 0 Å². The molecule has 27 heavy (non-hydrogen) atoms. The molecule has 0 aliphatic heterocycles. The first-order chi connectivity index (χ1) is 12.9. The Bertz CT molecular complexity index is 987. The summed E-state index contributed by atoms with van der Waals surface area (Å²) in [6.45, 7) is 0. The van der Waals surface area contributed by atoms with Crippen LogP contribution in [0.3, 0.4) is 0 Å². The third-order valence-corrected chi connectivity index (χ3v) is 4.23. The molecule has 0 atom stereocenters. The van der Waals surface area contributed by atoms with Crippen LogP contribution in [0.5, 0.6) is 0 Å². The Balaban J connectivity index is 1.59. The highest BCUT2D eigenvalue weighted by molar-refractivity contribution is 6.34. The molecule has 0 bridgehead atoms. The van der Waals surface area contributed by atoms with Crippen LogP contribution in [-0.4, -0.2) is 22.0 Å². The van der Waals surface area contributed by atoms with Crippen molar-refractivity contribution in [2.75, 3.05) is 5.32 Å². The molecule has 3 rings (SSSR count). The summed E-state index contributed by atoms with van der Waals surface area (Å²) in [6.07, 6.45) is 0.388. The van der Waals surface area contributed by atoms with Gasteiger partial charge in [-0.2, -0.15) is 4.98 Å². The van der Waals surface area contributed by atoms with Crippen LogP contribution in [0.15, 0.2) is 47.0 Å². The molecule has 2 aromatic carbocycles. The van der Waals surface area contributed by atoms with Crippen molar-refractivity contribution in [3.63, 3.8) is 0 Å². The zero-order valence-corrected chi connectivity index (χ0v) is 15.4. The predicted molar refractivity (Wildman–Crippen MR) is 102 cm³/mol. The van der Waals surface area contributed by atoms with E-state index in [9.17, 15) is 9.59 Å². The van der Waals surface area contributed by atoms with Crippen LogP contribution >= 0.6 is 23.2 Å². The number of rotatable bonds is 6. The second kappa shape index (κ2) is 8.20. The molecule has 0 fully saturated rings. The summed E-state index contributed by atoms with van der Waals surface area (Å²) in [5, 5.41) is 7.40. The van der Waals surface area contributed by atoms with Gasteiger partial charge in [0.1, 0.15) is 0 Å². The van der Waals surface area contributed by atoms with Gasteiger partial charge < -0.3 is 15.6 Å². The molecule has 3 N–H and O–H groups in total. The van der Waals surface area contributed by atoms with E-state index in [-0.39, 0.29) is 29.3 Å². The second-order valence-electron chi connectivity index (χ2n) is 5.63. The zero-order chi connectivity index (χ0) is 19.4. The third-order valence-electron chi connectivity index (χ3n) is 3.65. The molecule has 0 spiro atoms. The number of hydrogen-bond donors (Lipinski definition) is 2. The van der Waals surface area contributed by atoms with Crippen LogP contribution in [0, 0.1) is 0 Å².